The van der Waals surface area contributed by atoms with Gasteiger partial charge in [-0.25, -0.2) is 4.98 Å². The van der Waals surface area contributed by atoms with Gasteiger partial charge in [0.25, 0.3) is 5.91 Å². The van der Waals surface area contributed by atoms with E-state index in [2.05, 4.69) is 15.6 Å². The lowest BCUT2D eigenvalue weighted by Crippen LogP contribution is -2.23. The van der Waals surface area contributed by atoms with Crippen molar-refractivity contribution < 1.29 is 9.59 Å². The molecule has 0 radical (unpaired) electrons. The minimum atomic E-state index is -0.164. The van der Waals surface area contributed by atoms with E-state index in [-0.39, 0.29) is 17.7 Å². The summed E-state index contributed by atoms with van der Waals surface area (Å²) < 4.78 is 0. The summed E-state index contributed by atoms with van der Waals surface area (Å²) in [7, 11) is 0. The van der Waals surface area contributed by atoms with Crippen LogP contribution in [-0.2, 0) is 11.3 Å². The van der Waals surface area contributed by atoms with Crippen molar-refractivity contribution in [3.63, 3.8) is 0 Å². The average molecular weight is 404 g/mol. The van der Waals surface area contributed by atoms with Crippen molar-refractivity contribution in [2.45, 2.75) is 29.3 Å². The summed E-state index contributed by atoms with van der Waals surface area (Å²) >= 11 is 1.47. The molecule has 4 rings (SSSR count). The Hall–Kier alpha value is -3.12. The summed E-state index contributed by atoms with van der Waals surface area (Å²) in [5, 5.41) is 6.54. The van der Waals surface area contributed by atoms with E-state index in [1.54, 1.807) is 18.3 Å². The first kappa shape index (κ1) is 19.2. The third-order valence-corrected chi connectivity index (χ3v) is 5.62. The maximum absolute atomic E-state index is 12.7. The van der Waals surface area contributed by atoms with Crippen LogP contribution < -0.4 is 10.6 Å². The van der Waals surface area contributed by atoms with E-state index in [4.69, 9.17) is 0 Å². The van der Waals surface area contributed by atoms with Crippen molar-refractivity contribution in [1.82, 2.24) is 10.3 Å². The van der Waals surface area contributed by atoms with E-state index in [1.165, 1.54) is 11.8 Å². The number of hydrogen-bond donors (Lipinski definition) is 2. The molecule has 2 aromatic carbocycles. The van der Waals surface area contributed by atoms with Gasteiger partial charge in [0, 0.05) is 29.2 Å². The molecular formula is C23H21N3O2S. The van der Waals surface area contributed by atoms with Crippen LogP contribution in [0.15, 0.2) is 82.8 Å². The first-order valence-corrected chi connectivity index (χ1v) is 10.4. The lowest BCUT2D eigenvalue weighted by Gasteiger charge is -2.10. The maximum atomic E-state index is 12.7. The third kappa shape index (κ3) is 5.23. The number of aromatic nitrogens is 1. The molecule has 6 heteroatoms. The molecule has 29 heavy (non-hydrogen) atoms. The maximum Gasteiger partial charge on any atom is 0.254 e. The smallest absolute Gasteiger partial charge is 0.254 e. The quantitative estimate of drug-likeness (QED) is 0.609. The van der Waals surface area contributed by atoms with Crippen molar-refractivity contribution in [2.24, 2.45) is 5.92 Å². The standard InChI is InChI=1S/C23H21N3O2S/c27-21(17-10-11-17)26-18-12-8-16(9-13-18)15-25-22(28)20-7-4-14-24-23(20)29-19-5-2-1-3-6-19/h1-9,12-14,17H,10-11,15H2,(H,25,28)(H,26,27). The Morgan fingerprint density at radius 2 is 1.72 bits per heavy atom. The van der Waals surface area contributed by atoms with E-state index in [0.29, 0.717) is 17.1 Å². The highest BCUT2D eigenvalue weighted by Gasteiger charge is 2.29. The predicted molar refractivity (Wildman–Crippen MR) is 114 cm³/mol. The zero-order valence-electron chi connectivity index (χ0n) is 15.8. The Bertz CT molecular complexity index is 1000. The summed E-state index contributed by atoms with van der Waals surface area (Å²) in [6, 6.07) is 20.9. The summed E-state index contributed by atoms with van der Waals surface area (Å²) in [5.74, 6) is 0.102. The number of nitrogens with one attached hydrogen (secondary N) is 2. The van der Waals surface area contributed by atoms with Crippen LogP contribution >= 0.6 is 11.8 Å². The molecule has 5 nitrogen and oxygen atoms in total. The number of hydrogen-bond acceptors (Lipinski definition) is 4. The van der Waals surface area contributed by atoms with E-state index < -0.39 is 0 Å². The molecule has 1 aliphatic rings. The van der Waals surface area contributed by atoms with Gasteiger partial charge in [-0.15, -0.1) is 0 Å². The molecular weight excluding hydrogens is 382 g/mol. The molecule has 0 spiro atoms. The molecule has 3 aromatic rings. The minimum Gasteiger partial charge on any atom is -0.348 e. The molecule has 1 aliphatic carbocycles. The van der Waals surface area contributed by atoms with E-state index >= 15 is 0 Å². The van der Waals surface area contributed by atoms with Gasteiger partial charge >= 0.3 is 0 Å². The highest BCUT2D eigenvalue weighted by molar-refractivity contribution is 7.99. The Labute approximate surface area is 173 Å². The molecule has 0 aliphatic heterocycles. The second-order valence-corrected chi connectivity index (χ2v) is 7.98. The Morgan fingerprint density at radius 1 is 0.966 bits per heavy atom. The zero-order chi connectivity index (χ0) is 20.1. The van der Waals surface area contributed by atoms with Gasteiger partial charge in [-0.1, -0.05) is 42.1 Å². The van der Waals surface area contributed by atoms with Gasteiger partial charge in [0.1, 0.15) is 5.03 Å². The van der Waals surface area contributed by atoms with Crippen molar-refractivity contribution in [3.8, 4) is 0 Å². The van der Waals surface area contributed by atoms with Crippen LogP contribution in [0.5, 0.6) is 0 Å². The van der Waals surface area contributed by atoms with Crippen LogP contribution in [0.1, 0.15) is 28.8 Å². The van der Waals surface area contributed by atoms with Gasteiger partial charge in [0.05, 0.1) is 5.56 Å². The van der Waals surface area contributed by atoms with Gasteiger partial charge in [0.2, 0.25) is 5.91 Å². The molecule has 1 saturated carbocycles. The lowest BCUT2D eigenvalue weighted by molar-refractivity contribution is -0.117. The van der Waals surface area contributed by atoms with Crippen molar-refractivity contribution in [1.29, 1.82) is 0 Å². The largest absolute Gasteiger partial charge is 0.348 e. The number of carbonyl (C=O) groups is 2. The molecule has 1 fully saturated rings. The fourth-order valence-electron chi connectivity index (χ4n) is 2.82. The topological polar surface area (TPSA) is 71.1 Å². The normalized spacial score (nSPS) is 13.0. The summed E-state index contributed by atoms with van der Waals surface area (Å²) in [6.07, 6.45) is 3.65. The van der Waals surface area contributed by atoms with Gasteiger partial charge < -0.3 is 10.6 Å². The number of benzene rings is 2. The van der Waals surface area contributed by atoms with Crippen LogP contribution in [0.4, 0.5) is 5.69 Å². The number of nitrogens with zero attached hydrogens (tertiary/aromatic N) is 1. The molecule has 1 aromatic heterocycles. The van der Waals surface area contributed by atoms with Crippen LogP contribution in [0, 0.1) is 5.92 Å². The zero-order valence-corrected chi connectivity index (χ0v) is 16.6. The Morgan fingerprint density at radius 3 is 2.45 bits per heavy atom. The van der Waals surface area contributed by atoms with Crippen molar-refractivity contribution in [2.75, 3.05) is 5.32 Å². The van der Waals surface area contributed by atoms with Gasteiger partial charge in [-0.3, -0.25) is 9.59 Å². The number of rotatable bonds is 7. The SMILES string of the molecule is O=C(NCc1ccc(NC(=O)C2CC2)cc1)c1cccnc1Sc1ccccc1. The van der Waals surface area contributed by atoms with E-state index in [0.717, 1.165) is 29.0 Å². The van der Waals surface area contributed by atoms with Crippen LogP contribution in [-0.4, -0.2) is 16.8 Å². The summed E-state index contributed by atoms with van der Waals surface area (Å²) in [4.78, 5) is 29.9. The second-order valence-electron chi connectivity index (χ2n) is 6.91. The molecule has 0 bridgehead atoms. The molecule has 0 atom stereocenters. The second kappa shape index (κ2) is 8.92. The fourth-order valence-corrected chi connectivity index (χ4v) is 3.72. The number of anilines is 1. The fraction of sp³-hybridized carbons (Fsp3) is 0.174. The summed E-state index contributed by atoms with van der Waals surface area (Å²) in [6.45, 7) is 0.403. The molecule has 0 saturated heterocycles. The molecule has 2 amide bonds. The third-order valence-electron chi connectivity index (χ3n) is 4.60. The van der Waals surface area contributed by atoms with Crippen LogP contribution in [0.25, 0.3) is 0 Å². The van der Waals surface area contributed by atoms with Gasteiger partial charge in [-0.2, -0.15) is 0 Å². The highest BCUT2D eigenvalue weighted by atomic mass is 32.2. The molecule has 0 unspecified atom stereocenters. The van der Waals surface area contributed by atoms with Crippen molar-refractivity contribution in [3.05, 3.63) is 84.1 Å². The van der Waals surface area contributed by atoms with Crippen molar-refractivity contribution >= 4 is 29.3 Å². The lowest BCUT2D eigenvalue weighted by atomic mass is 10.2. The number of pyridine rings is 1. The first-order valence-electron chi connectivity index (χ1n) is 9.55. The highest BCUT2D eigenvalue weighted by Crippen LogP contribution is 2.30. The Kier molecular flexibility index (Phi) is 5.91. The molecule has 1 heterocycles. The van der Waals surface area contributed by atoms with Gasteiger partial charge in [-0.05, 0) is 54.8 Å². The Balaban J connectivity index is 1.36. The predicted octanol–water partition coefficient (Wildman–Crippen LogP) is 4.51. The van der Waals surface area contributed by atoms with Crippen LogP contribution in [0.3, 0.4) is 0 Å². The van der Waals surface area contributed by atoms with E-state index in [1.807, 2.05) is 54.6 Å². The molecule has 2 N–H and O–H groups in total. The number of amides is 2. The average Bonchev–Trinajstić information content (AvgIpc) is 3.60. The summed E-state index contributed by atoms with van der Waals surface area (Å²) in [5.41, 5.74) is 2.30. The first-order chi connectivity index (χ1) is 14.2. The number of carbonyl (C=O) groups excluding carboxylic acids is 2. The minimum absolute atomic E-state index is 0.0890. The monoisotopic (exact) mass is 403 g/mol. The van der Waals surface area contributed by atoms with E-state index in [9.17, 15) is 9.59 Å². The molecule has 146 valence electrons. The van der Waals surface area contributed by atoms with Crippen LogP contribution in [0.2, 0.25) is 0 Å². The van der Waals surface area contributed by atoms with Gasteiger partial charge in [0.15, 0.2) is 0 Å².